The number of benzene rings is 2. The third-order valence-corrected chi connectivity index (χ3v) is 6.15. The molecule has 176 valence electrons. The highest BCUT2D eigenvalue weighted by Crippen LogP contribution is 2.26. The minimum absolute atomic E-state index is 0.0435. The molecule has 1 fully saturated rings. The molecule has 1 saturated heterocycles. The van der Waals surface area contributed by atoms with Gasteiger partial charge in [0.15, 0.2) is 5.82 Å². The van der Waals surface area contributed by atoms with Crippen molar-refractivity contribution >= 4 is 29.2 Å². The van der Waals surface area contributed by atoms with Crippen LogP contribution in [0.15, 0.2) is 60.7 Å². The van der Waals surface area contributed by atoms with Gasteiger partial charge in [-0.1, -0.05) is 35.9 Å². The standard InChI is InChI=1S/C25H25ClFN5O2/c1-2-30(25(34)18-6-5-7-19(27)16-18)17-24(33)32-14-12-31(13-15-32)23-11-10-22(28-29-23)20-8-3-4-9-21(20)26/h3-11,16H,2,12-15,17H2,1H3. The monoisotopic (exact) mass is 481 g/mol. The van der Waals surface area contributed by atoms with E-state index in [-0.39, 0.29) is 23.9 Å². The van der Waals surface area contributed by atoms with E-state index in [4.69, 9.17) is 11.6 Å². The lowest BCUT2D eigenvalue weighted by molar-refractivity contribution is -0.132. The van der Waals surface area contributed by atoms with Crippen LogP contribution in [0.4, 0.5) is 10.2 Å². The first-order valence-corrected chi connectivity index (χ1v) is 11.5. The number of aromatic nitrogens is 2. The molecule has 7 nitrogen and oxygen atoms in total. The highest BCUT2D eigenvalue weighted by molar-refractivity contribution is 6.33. The largest absolute Gasteiger partial charge is 0.352 e. The molecule has 0 saturated carbocycles. The second-order valence-electron chi connectivity index (χ2n) is 7.95. The average Bonchev–Trinajstić information content (AvgIpc) is 2.87. The van der Waals surface area contributed by atoms with Crippen LogP contribution in [-0.2, 0) is 4.79 Å². The number of hydrogen-bond acceptors (Lipinski definition) is 5. The number of amides is 2. The van der Waals surface area contributed by atoms with Gasteiger partial charge in [-0.05, 0) is 43.3 Å². The first-order chi connectivity index (χ1) is 16.5. The summed E-state index contributed by atoms with van der Waals surface area (Å²) in [7, 11) is 0. The molecule has 0 radical (unpaired) electrons. The third kappa shape index (κ3) is 5.34. The zero-order chi connectivity index (χ0) is 24.1. The lowest BCUT2D eigenvalue weighted by Gasteiger charge is -2.36. The van der Waals surface area contributed by atoms with Gasteiger partial charge in [-0.15, -0.1) is 10.2 Å². The molecule has 34 heavy (non-hydrogen) atoms. The van der Waals surface area contributed by atoms with Crippen LogP contribution in [-0.4, -0.2) is 71.1 Å². The zero-order valence-corrected chi connectivity index (χ0v) is 19.6. The first-order valence-electron chi connectivity index (χ1n) is 11.1. The Morgan fingerprint density at radius 1 is 1.00 bits per heavy atom. The van der Waals surface area contributed by atoms with Gasteiger partial charge in [0.25, 0.3) is 5.91 Å². The predicted octanol–water partition coefficient (Wildman–Crippen LogP) is 3.75. The van der Waals surface area contributed by atoms with Crippen LogP contribution >= 0.6 is 11.6 Å². The van der Waals surface area contributed by atoms with Gasteiger partial charge in [0.2, 0.25) is 5.91 Å². The first kappa shape index (κ1) is 23.6. The summed E-state index contributed by atoms with van der Waals surface area (Å²) in [6, 6.07) is 16.8. The van der Waals surface area contributed by atoms with E-state index in [0.29, 0.717) is 43.4 Å². The predicted molar refractivity (Wildman–Crippen MR) is 129 cm³/mol. The Kier molecular flexibility index (Phi) is 7.37. The summed E-state index contributed by atoms with van der Waals surface area (Å²) in [4.78, 5) is 30.8. The molecular formula is C25H25ClFN5O2. The van der Waals surface area contributed by atoms with Crippen molar-refractivity contribution in [1.29, 1.82) is 0 Å². The Morgan fingerprint density at radius 3 is 2.41 bits per heavy atom. The van der Waals surface area contributed by atoms with Crippen LogP contribution in [0.5, 0.6) is 0 Å². The summed E-state index contributed by atoms with van der Waals surface area (Å²) < 4.78 is 13.5. The summed E-state index contributed by atoms with van der Waals surface area (Å²) in [5.74, 6) is -0.235. The lowest BCUT2D eigenvalue weighted by Crippen LogP contribution is -2.52. The van der Waals surface area contributed by atoms with Crippen molar-refractivity contribution in [3.63, 3.8) is 0 Å². The Bertz CT molecular complexity index is 1170. The van der Waals surface area contributed by atoms with E-state index >= 15 is 0 Å². The zero-order valence-electron chi connectivity index (χ0n) is 18.8. The van der Waals surface area contributed by atoms with Crippen LogP contribution < -0.4 is 4.90 Å². The Morgan fingerprint density at radius 2 is 1.76 bits per heavy atom. The fourth-order valence-electron chi connectivity index (χ4n) is 3.89. The molecule has 0 atom stereocenters. The second-order valence-corrected chi connectivity index (χ2v) is 8.36. The minimum atomic E-state index is -0.479. The SMILES string of the molecule is CCN(CC(=O)N1CCN(c2ccc(-c3ccccc3Cl)nn2)CC1)C(=O)c1cccc(F)c1. The number of likely N-dealkylation sites (N-methyl/N-ethyl adjacent to an activating group) is 1. The van der Waals surface area contributed by atoms with Crippen LogP contribution in [0.3, 0.4) is 0 Å². The molecule has 2 amide bonds. The number of anilines is 1. The summed E-state index contributed by atoms with van der Waals surface area (Å²) in [6.07, 6.45) is 0. The van der Waals surface area contributed by atoms with E-state index in [1.807, 2.05) is 36.4 Å². The normalized spacial score (nSPS) is 13.6. The maximum atomic E-state index is 13.5. The molecule has 1 aliphatic rings. The van der Waals surface area contributed by atoms with Crippen molar-refractivity contribution in [2.75, 3.05) is 44.2 Å². The number of carbonyl (C=O) groups is 2. The van der Waals surface area contributed by atoms with E-state index < -0.39 is 5.82 Å². The van der Waals surface area contributed by atoms with Crippen LogP contribution in [0.1, 0.15) is 17.3 Å². The molecule has 1 aliphatic heterocycles. The van der Waals surface area contributed by atoms with Gasteiger partial charge in [0, 0.05) is 43.9 Å². The van der Waals surface area contributed by atoms with E-state index in [2.05, 4.69) is 15.1 Å². The molecule has 2 aromatic carbocycles. The van der Waals surface area contributed by atoms with Crippen molar-refractivity contribution in [3.8, 4) is 11.3 Å². The van der Waals surface area contributed by atoms with Gasteiger partial charge in [-0.25, -0.2) is 4.39 Å². The summed E-state index contributed by atoms with van der Waals surface area (Å²) in [5.41, 5.74) is 1.76. The highest BCUT2D eigenvalue weighted by Gasteiger charge is 2.25. The van der Waals surface area contributed by atoms with Crippen molar-refractivity contribution < 1.29 is 14.0 Å². The van der Waals surface area contributed by atoms with Gasteiger partial charge < -0.3 is 14.7 Å². The van der Waals surface area contributed by atoms with Crippen LogP contribution in [0.2, 0.25) is 5.02 Å². The average molecular weight is 482 g/mol. The quantitative estimate of drug-likeness (QED) is 0.536. The minimum Gasteiger partial charge on any atom is -0.352 e. The Hall–Kier alpha value is -3.52. The fourth-order valence-corrected chi connectivity index (χ4v) is 4.12. The second kappa shape index (κ2) is 10.6. The van der Waals surface area contributed by atoms with Crippen molar-refractivity contribution in [3.05, 3.63) is 77.1 Å². The van der Waals surface area contributed by atoms with Crippen molar-refractivity contribution in [2.24, 2.45) is 0 Å². The van der Waals surface area contributed by atoms with E-state index in [1.165, 1.54) is 23.1 Å². The molecule has 9 heteroatoms. The van der Waals surface area contributed by atoms with E-state index in [1.54, 1.807) is 17.9 Å². The molecule has 0 aliphatic carbocycles. The van der Waals surface area contributed by atoms with Gasteiger partial charge in [-0.2, -0.15) is 0 Å². The molecule has 4 rings (SSSR count). The van der Waals surface area contributed by atoms with Crippen molar-refractivity contribution in [1.82, 2.24) is 20.0 Å². The lowest BCUT2D eigenvalue weighted by atomic mass is 10.1. The molecule has 2 heterocycles. The van der Waals surface area contributed by atoms with Gasteiger partial charge in [0.1, 0.15) is 12.4 Å². The van der Waals surface area contributed by atoms with Gasteiger partial charge in [0.05, 0.1) is 10.7 Å². The number of carbonyl (C=O) groups excluding carboxylic acids is 2. The molecule has 3 aromatic rings. The smallest absolute Gasteiger partial charge is 0.254 e. The van der Waals surface area contributed by atoms with Crippen molar-refractivity contribution in [2.45, 2.75) is 6.92 Å². The Labute approximate surface area is 202 Å². The number of rotatable bonds is 6. The summed E-state index contributed by atoms with van der Waals surface area (Å²) >= 11 is 6.24. The molecular weight excluding hydrogens is 457 g/mol. The topological polar surface area (TPSA) is 69.6 Å². The fraction of sp³-hybridized carbons (Fsp3) is 0.280. The van der Waals surface area contributed by atoms with Crippen LogP contribution in [0, 0.1) is 5.82 Å². The summed E-state index contributed by atoms with van der Waals surface area (Å²) in [6.45, 7) is 4.35. The maximum Gasteiger partial charge on any atom is 0.254 e. The number of piperazine rings is 1. The van der Waals surface area contributed by atoms with Crippen LogP contribution in [0.25, 0.3) is 11.3 Å². The maximum absolute atomic E-state index is 13.5. The van der Waals surface area contributed by atoms with E-state index in [9.17, 15) is 14.0 Å². The highest BCUT2D eigenvalue weighted by atomic mass is 35.5. The molecule has 0 N–H and O–H groups in total. The van der Waals surface area contributed by atoms with Gasteiger partial charge in [-0.3, -0.25) is 9.59 Å². The number of halogens is 2. The van der Waals surface area contributed by atoms with E-state index in [0.717, 1.165) is 11.4 Å². The third-order valence-electron chi connectivity index (χ3n) is 5.82. The number of hydrogen-bond donors (Lipinski definition) is 0. The molecule has 0 unspecified atom stereocenters. The van der Waals surface area contributed by atoms with Gasteiger partial charge >= 0.3 is 0 Å². The molecule has 0 bridgehead atoms. The Balaban J connectivity index is 1.33. The number of nitrogens with zero attached hydrogens (tertiary/aromatic N) is 5. The molecule has 1 aromatic heterocycles. The summed E-state index contributed by atoms with van der Waals surface area (Å²) in [5, 5.41) is 9.28. The molecule has 0 spiro atoms.